The summed E-state index contributed by atoms with van der Waals surface area (Å²) in [6.07, 6.45) is 0. The molecule has 0 saturated carbocycles. The van der Waals surface area contributed by atoms with Gasteiger partial charge in [0.15, 0.2) is 22.6 Å². The van der Waals surface area contributed by atoms with Crippen LogP contribution < -0.4 is 9.47 Å². The van der Waals surface area contributed by atoms with Gasteiger partial charge in [-0.3, -0.25) is 0 Å². The number of ether oxygens (including phenoxy) is 2. The van der Waals surface area contributed by atoms with Crippen molar-refractivity contribution in [2.75, 3.05) is 13.7 Å². The van der Waals surface area contributed by atoms with E-state index in [0.29, 0.717) is 23.0 Å². The Balaban J connectivity index is 3.07. The predicted molar refractivity (Wildman–Crippen MR) is 53.2 cm³/mol. The second kappa shape index (κ2) is 4.97. The number of methoxy groups -OCH3 is 1. The lowest BCUT2D eigenvalue weighted by atomic mass is 10.3. The maximum Gasteiger partial charge on any atom is 0.186 e. The molecule has 0 aliphatic rings. The topological polar surface area (TPSA) is 55.8 Å². The molecule has 0 radical (unpaired) electrons. The fourth-order valence-corrected chi connectivity index (χ4v) is 1.43. The first-order valence-corrected chi connectivity index (χ1v) is 5.21. The third-order valence-corrected chi connectivity index (χ3v) is 2.29. The lowest BCUT2D eigenvalue weighted by Crippen LogP contribution is -1.97. The first-order chi connectivity index (χ1) is 6.69. The molecule has 4 nitrogen and oxygen atoms in total. The second-order valence-corrected chi connectivity index (χ2v) is 3.46. The molecular weight excluding hydrogens is 204 g/mol. The van der Waals surface area contributed by atoms with Crippen molar-refractivity contribution in [3.05, 3.63) is 18.2 Å². The maximum absolute atomic E-state index is 10.8. The van der Waals surface area contributed by atoms with Gasteiger partial charge in [0.05, 0.1) is 18.6 Å². The molecule has 1 N–H and O–H groups in total. The summed E-state index contributed by atoms with van der Waals surface area (Å²) in [6.45, 7) is 2.32. The molecule has 78 valence electrons. The molecule has 1 aromatic rings. The number of hydrogen-bond donors (Lipinski definition) is 1. The van der Waals surface area contributed by atoms with Crippen LogP contribution in [0.15, 0.2) is 23.1 Å². The molecule has 1 rings (SSSR count). The Morgan fingerprint density at radius 2 is 2.14 bits per heavy atom. The SMILES string of the molecule is CCOc1cc(S(=O)O)ccc1OC. The van der Waals surface area contributed by atoms with Gasteiger partial charge in [-0.15, -0.1) is 0 Å². The molecule has 0 saturated heterocycles. The zero-order valence-corrected chi connectivity index (χ0v) is 8.84. The first-order valence-electron chi connectivity index (χ1n) is 4.10. The highest BCUT2D eigenvalue weighted by Crippen LogP contribution is 2.28. The van der Waals surface area contributed by atoms with Crippen molar-refractivity contribution in [1.29, 1.82) is 0 Å². The standard InChI is InChI=1S/C9H12O4S/c1-3-13-9-6-7(14(10)11)4-5-8(9)12-2/h4-6H,3H2,1-2H3,(H,10,11). The minimum Gasteiger partial charge on any atom is -0.493 e. The van der Waals surface area contributed by atoms with E-state index in [1.165, 1.54) is 19.2 Å². The predicted octanol–water partition coefficient (Wildman–Crippen LogP) is 1.67. The van der Waals surface area contributed by atoms with Crippen LogP contribution in [-0.4, -0.2) is 22.5 Å². The van der Waals surface area contributed by atoms with Gasteiger partial charge in [-0.1, -0.05) is 0 Å². The van der Waals surface area contributed by atoms with Gasteiger partial charge in [0.25, 0.3) is 0 Å². The van der Waals surface area contributed by atoms with E-state index >= 15 is 0 Å². The fourth-order valence-electron chi connectivity index (χ4n) is 1.03. The van der Waals surface area contributed by atoms with Crippen molar-refractivity contribution in [1.82, 2.24) is 0 Å². The monoisotopic (exact) mass is 216 g/mol. The Hall–Kier alpha value is -1.07. The third-order valence-electron chi connectivity index (χ3n) is 1.64. The first kappa shape index (κ1) is 11.0. The van der Waals surface area contributed by atoms with Crippen molar-refractivity contribution >= 4 is 11.1 Å². The maximum atomic E-state index is 10.8. The number of rotatable bonds is 4. The van der Waals surface area contributed by atoms with E-state index in [1.807, 2.05) is 6.92 Å². The lowest BCUT2D eigenvalue weighted by molar-refractivity contribution is 0.310. The average molecular weight is 216 g/mol. The van der Waals surface area contributed by atoms with Gasteiger partial charge in [-0.25, -0.2) is 4.21 Å². The van der Waals surface area contributed by atoms with Crippen LogP contribution in [0.25, 0.3) is 0 Å². The second-order valence-electron chi connectivity index (χ2n) is 2.49. The van der Waals surface area contributed by atoms with Gasteiger partial charge in [-0.05, 0) is 19.1 Å². The van der Waals surface area contributed by atoms with Gasteiger partial charge in [-0.2, -0.15) is 0 Å². The molecule has 0 bridgehead atoms. The molecule has 1 aromatic carbocycles. The largest absolute Gasteiger partial charge is 0.493 e. The highest BCUT2D eigenvalue weighted by Gasteiger charge is 2.07. The summed E-state index contributed by atoms with van der Waals surface area (Å²) in [5, 5.41) is 0. The molecule has 14 heavy (non-hydrogen) atoms. The minimum absolute atomic E-state index is 0.300. The number of hydrogen-bond acceptors (Lipinski definition) is 3. The molecule has 5 heteroatoms. The van der Waals surface area contributed by atoms with Crippen LogP contribution in [0.3, 0.4) is 0 Å². The zero-order chi connectivity index (χ0) is 10.6. The average Bonchev–Trinajstić information content (AvgIpc) is 2.18. The van der Waals surface area contributed by atoms with E-state index < -0.39 is 11.1 Å². The van der Waals surface area contributed by atoms with Crippen LogP contribution in [0.5, 0.6) is 11.5 Å². The van der Waals surface area contributed by atoms with Gasteiger partial charge in [0, 0.05) is 6.07 Å². The molecular formula is C9H12O4S. The Morgan fingerprint density at radius 1 is 1.43 bits per heavy atom. The molecule has 1 atom stereocenters. The van der Waals surface area contributed by atoms with Gasteiger partial charge in [0.1, 0.15) is 0 Å². The van der Waals surface area contributed by atoms with E-state index in [2.05, 4.69) is 0 Å². The summed E-state index contributed by atoms with van der Waals surface area (Å²) in [4.78, 5) is 0.300. The van der Waals surface area contributed by atoms with Crippen LogP contribution in [0.2, 0.25) is 0 Å². The molecule has 0 spiro atoms. The minimum atomic E-state index is -1.99. The van der Waals surface area contributed by atoms with Gasteiger partial charge in [0.2, 0.25) is 0 Å². The Morgan fingerprint density at radius 3 is 2.64 bits per heavy atom. The summed E-state index contributed by atoms with van der Waals surface area (Å²) in [7, 11) is 1.52. The Bertz CT molecular complexity index is 338. The fraction of sp³-hybridized carbons (Fsp3) is 0.333. The van der Waals surface area contributed by atoms with E-state index in [0.717, 1.165) is 0 Å². The normalized spacial score (nSPS) is 12.2. The zero-order valence-electron chi connectivity index (χ0n) is 8.02. The van der Waals surface area contributed by atoms with Crippen LogP contribution in [0, 0.1) is 0 Å². The van der Waals surface area contributed by atoms with Crippen LogP contribution in [-0.2, 0) is 11.1 Å². The molecule has 0 amide bonds. The molecule has 0 aliphatic carbocycles. The molecule has 0 aromatic heterocycles. The molecule has 0 fully saturated rings. The van der Waals surface area contributed by atoms with Crippen LogP contribution in [0.4, 0.5) is 0 Å². The summed E-state index contributed by atoms with van der Waals surface area (Å²) in [5.74, 6) is 1.04. The number of benzene rings is 1. The van der Waals surface area contributed by atoms with E-state index in [-0.39, 0.29) is 0 Å². The molecule has 0 aliphatic heterocycles. The quantitative estimate of drug-likeness (QED) is 0.778. The summed E-state index contributed by atoms with van der Waals surface area (Å²) < 4.78 is 29.9. The van der Waals surface area contributed by atoms with Crippen molar-refractivity contribution in [3.63, 3.8) is 0 Å². The highest BCUT2D eigenvalue weighted by molar-refractivity contribution is 7.79. The van der Waals surface area contributed by atoms with Crippen molar-refractivity contribution < 1.29 is 18.2 Å². The summed E-state index contributed by atoms with van der Waals surface area (Å²) in [6, 6.07) is 4.63. The Labute approximate surface area is 85.1 Å². The smallest absolute Gasteiger partial charge is 0.186 e. The van der Waals surface area contributed by atoms with Crippen molar-refractivity contribution in [3.8, 4) is 11.5 Å². The van der Waals surface area contributed by atoms with Crippen LogP contribution >= 0.6 is 0 Å². The molecule has 0 heterocycles. The van der Waals surface area contributed by atoms with Crippen molar-refractivity contribution in [2.24, 2.45) is 0 Å². The summed E-state index contributed by atoms with van der Waals surface area (Å²) in [5.41, 5.74) is 0. The molecule has 1 unspecified atom stereocenters. The van der Waals surface area contributed by atoms with Gasteiger partial charge >= 0.3 is 0 Å². The van der Waals surface area contributed by atoms with E-state index in [4.69, 9.17) is 14.0 Å². The van der Waals surface area contributed by atoms with Gasteiger partial charge < -0.3 is 14.0 Å². The third kappa shape index (κ3) is 2.46. The summed E-state index contributed by atoms with van der Waals surface area (Å²) >= 11 is -1.99. The van der Waals surface area contributed by atoms with E-state index in [9.17, 15) is 4.21 Å². The lowest BCUT2D eigenvalue weighted by Gasteiger charge is -2.09. The Kier molecular flexibility index (Phi) is 3.91. The van der Waals surface area contributed by atoms with Crippen molar-refractivity contribution in [2.45, 2.75) is 11.8 Å². The van der Waals surface area contributed by atoms with E-state index in [1.54, 1.807) is 6.07 Å². The van der Waals surface area contributed by atoms with Crippen LogP contribution in [0.1, 0.15) is 6.92 Å². The highest BCUT2D eigenvalue weighted by atomic mass is 32.2.